The quantitative estimate of drug-likeness (QED) is 0.494. The van der Waals surface area contributed by atoms with Crippen LogP contribution in [-0.2, 0) is 4.79 Å². The van der Waals surface area contributed by atoms with E-state index in [0.717, 1.165) is 29.6 Å². The van der Waals surface area contributed by atoms with E-state index in [1.165, 1.54) is 30.3 Å². The van der Waals surface area contributed by atoms with Crippen molar-refractivity contribution in [3.05, 3.63) is 72.2 Å². The fourth-order valence-electron chi connectivity index (χ4n) is 2.85. The molecule has 1 heterocycles. The minimum Gasteiger partial charge on any atom is -0.378 e. The molecule has 2 aromatic carbocycles. The van der Waals surface area contributed by atoms with Crippen LogP contribution in [0.25, 0.3) is 17.5 Å². The molecule has 1 amide bonds. The molecule has 0 saturated carbocycles. The Kier molecular flexibility index (Phi) is 6.06. The summed E-state index contributed by atoms with van der Waals surface area (Å²) >= 11 is 0. The Bertz CT molecular complexity index is 1100. The predicted molar refractivity (Wildman–Crippen MR) is 115 cm³/mol. The van der Waals surface area contributed by atoms with E-state index in [1.54, 1.807) is 10.8 Å². The number of nitrogens with one attached hydrogen (secondary N) is 1. The van der Waals surface area contributed by atoms with E-state index in [0.29, 0.717) is 11.5 Å². The third kappa shape index (κ3) is 4.27. The predicted octanol–water partition coefficient (Wildman–Crippen LogP) is 4.03. The lowest BCUT2D eigenvalue weighted by Gasteiger charge is -2.15. The van der Waals surface area contributed by atoms with Crippen molar-refractivity contribution in [3.8, 4) is 11.3 Å². The zero-order chi connectivity index (χ0) is 21.8. The van der Waals surface area contributed by atoms with Crippen molar-refractivity contribution in [1.29, 1.82) is 5.41 Å². The summed E-state index contributed by atoms with van der Waals surface area (Å²) in [6.45, 7) is 0. The van der Waals surface area contributed by atoms with E-state index in [9.17, 15) is 13.6 Å². The van der Waals surface area contributed by atoms with E-state index in [2.05, 4.69) is 4.98 Å². The maximum atomic E-state index is 13.5. The Morgan fingerprint density at radius 3 is 2.30 bits per heavy atom. The van der Waals surface area contributed by atoms with Gasteiger partial charge in [-0.05, 0) is 24.3 Å². The molecule has 30 heavy (non-hydrogen) atoms. The molecular weight excluding hydrogens is 388 g/mol. The smallest absolute Gasteiger partial charge is 0.252 e. The van der Waals surface area contributed by atoms with Gasteiger partial charge in [-0.2, -0.15) is 0 Å². The molecule has 0 saturated heterocycles. The summed E-state index contributed by atoms with van der Waals surface area (Å²) in [4.78, 5) is 19.9. The van der Waals surface area contributed by atoms with Gasteiger partial charge in [-0.25, -0.2) is 13.8 Å². The highest BCUT2D eigenvalue weighted by molar-refractivity contribution is 6.02. The zero-order valence-corrected chi connectivity index (χ0v) is 16.8. The van der Waals surface area contributed by atoms with Gasteiger partial charge in [-0.15, -0.1) is 0 Å². The first-order valence-electron chi connectivity index (χ1n) is 9.08. The minimum absolute atomic E-state index is 0.223. The Morgan fingerprint density at radius 2 is 1.70 bits per heavy atom. The largest absolute Gasteiger partial charge is 0.378 e. The van der Waals surface area contributed by atoms with E-state index >= 15 is 0 Å². The maximum Gasteiger partial charge on any atom is 0.252 e. The number of hydrogen-bond donors (Lipinski definition) is 1. The summed E-state index contributed by atoms with van der Waals surface area (Å²) in [6.07, 6.45) is 5.50. The summed E-state index contributed by atoms with van der Waals surface area (Å²) in [6, 6.07) is 11.0. The number of carbonyl (C=O) groups excluding carboxylic acids is 1. The van der Waals surface area contributed by atoms with Gasteiger partial charge in [-0.3, -0.25) is 9.36 Å². The second kappa shape index (κ2) is 8.69. The van der Waals surface area contributed by atoms with Crippen LogP contribution in [0.2, 0.25) is 0 Å². The Labute approximate surface area is 173 Å². The number of rotatable bonds is 6. The molecule has 0 unspecified atom stereocenters. The third-order valence-corrected chi connectivity index (χ3v) is 4.62. The van der Waals surface area contributed by atoms with Gasteiger partial charge < -0.3 is 15.2 Å². The molecule has 0 bridgehead atoms. The summed E-state index contributed by atoms with van der Waals surface area (Å²) < 4.78 is 28.2. The van der Waals surface area contributed by atoms with E-state index in [4.69, 9.17) is 5.41 Å². The van der Waals surface area contributed by atoms with Crippen molar-refractivity contribution < 1.29 is 13.6 Å². The first-order chi connectivity index (χ1) is 14.3. The van der Waals surface area contributed by atoms with E-state index < -0.39 is 17.5 Å². The van der Waals surface area contributed by atoms with Gasteiger partial charge in [0.25, 0.3) is 5.91 Å². The highest BCUT2D eigenvalue weighted by Crippen LogP contribution is 2.24. The molecule has 3 aromatic rings. The van der Waals surface area contributed by atoms with Gasteiger partial charge in [-0.1, -0.05) is 12.1 Å². The van der Waals surface area contributed by atoms with Gasteiger partial charge >= 0.3 is 0 Å². The number of halogens is 2. The molecule has 0 fully saturated rings. The number of amides is 1. The lowest BCUT2D eigenvalue weighted by molar-refractivity contribution is -0.113. The summed E-state index contributed by atoms with van der Waals surface area (Å²) in [5.74, 6) is -2.10. The topological polar surface area (TPSA) is 65.2 Å². The molecule has 1 N–H and O–H groups in total. The maximum absolute atomic E-state index is 13.5. The standard InChI is InChI=1S/C22H21F2N5O/c1-27(2)16-6-4-15(5-7-16)20-14-26-21(13-25)29(20)11-10-22(30)28(3)17-8-9-18(23)19(24)12-17/h4-14,25H,1-3H3. The monoisotopic (exact) mass is 409 g/mol. The van der Waals surface area contributed by atoms with Gasteiger partial charge in [0.15, 0.2) is 17.5 Å². The fourth-order valence-corrected chi connectivity index (χ4v) is 2.85. The van der Waals surface area contributed by atoms with Crippen LogP contribution in [-0.4, -0.2) is 42.8 Å². The van der Waals surface area contributed by atoms with Crippen LogP contribution in [0.4, 0.5) is 20.2 Å². The molecule has 6 nitrogen and oxygen atoms in total. The van der Waals surface area contributed by atoms with Crippen LogP contribution in [0, 0.1) is 17.0 Å². The van der Waals surface area contributed by atoms with Gasteiger partial charge in [0.1, 0.15) is 0 Å². The number of carbonyl (C=O) groups is 1. The number of likely N-dealkylation sites (N-methyl/N-ethyl adjacent to an activating group) is 1. The molecule has 1 aromatic heterocycles. The third-order valence-electron chi connectivity index (χ3n) is 4.62. The summed E-state index contributed by atoms with van der Waals surface area (Å²) in [7, 11) is 5.36. The van der Waals surface area contributed by atoms with Crippen molar-refractivity contribution in [2.75, 3.05) is 30.9 Å². The number of imidazole rings is 1. The van der Waals surface area contributed by atoms with Gasteiger partial charge in [0.05, 0.1) is 18.1 Å². The number of aromatic nitrogens is 2. The van der Waals surface area contributed by atoms with Crippen molar-refractivity contribution in [2.45, 2.75) is 0 Å². The number of anilines is 2. The lowest BCUT2D eigenvalue weighted by Crippen LogP contribution is -2.24. The summed E-state index contributed by atoms with van der Waals surface area (Å²) in [5, 5.41) is 7.58. The average Bonchev–Trinajstić information content (AvgIpc) is 3.16. The van der Waals surface area contributed by atoms with Crippen molar-refractivity contribution in [1.82, 2.24) is 9.55 Å². The molecule has 0 aliphatic rings. The Balaban J connectivity index is 1.89. The molecule has 8 heteroatoms. The van der Waals surface area contributed by atoms with Crippen LogP contribution in [0.1, 0.15) is 5.82 Å². The lowest BCUT2D eigenvalue weighted by atomic mass is 10.1. The fraction of sp³-hybridized carbons (Fsp3) is 0.136. The van der Waals surface area contributed by atoms with Crippen molar-refractivity contribution in [2.24, 2.45) is 0 Å². The first-order valence-corrected chi connectivity index (χ1v) is 9.08. The van der Waals surface area contributed by atoms with Crippen LogP contribution in [0.15, 0.2) is 54.7 Å². The first kappa shape index (κ1) is 20.9. The van der Waals surface area contributed by atoms with Crippen LogP contribution < -0.4 is 9.80 Å². The molecule has 154 valence electrons. The van der Waals surface area contributed by atoms with Crippen LogP contribution >= 0.6 is 0 Å². The summed E-state index contributed by atoms with van der Waals surface area (Å²) in [5.41, 5.74) is 2.84. The minimum atomic E-state index is -1.03. The molecule has 0 radical (unpaired) electrons. The highest BCUT2D eigenvalue weighted by Gasteiger charge is 2.13. The number of nitrogens with zero attached hydrogens (tertiary/aromatic N) is 4. The zero-order valence-electron chi connectivity index (χ0n) is 16.8. The normalized spacial score (nSPS) is 11.0. The van der Waals surface area contributed by atoms with Gasteiger partial charge in [0.2, 0.25) is 0 Å². The molecule has 0 aliphatic carbocycles. The molecule has 0 aliphatic heterocycles. The second-order valence-corrected chi connectivity index (χ2v) is 6.77. The van der Waals surface area contributed by atoms with Crippen molar-refractivity contribution >= 4 is 29.7 Å². The van der Waals surface area contributed by atoms with Crippen molar-refractivity contribution in [3.63, 3.8) is 0 Å². The average molecular weight is 409 g/mol. The van der Waals surface area contributed by atoms with E-state index in [1.807, 2.05) is 43.3 Å². The van der Waals surface area contributed by atoms with Crippen LogP contribution in [0.3, 0.4) is 0 Å². The van der Waals surface area contributed by atoms with Gasteiger partial charge in [0, 0.05) is 56.4 Å². The molecule has 0 spiro atoms. The van der Waals surface area contributed by atoms with E-state index in [-0.39, 0.29) is 5.69 Å². The molecule has 3 rings (SSSR count). The van der Waals surface area contributed by atoms with Crippen LogP contribution in [0.5, 0.6) is 0 Å². The molecule has 0 atom stereocenters. The highest BCUT2D eigenvalue weighted by atomic mass is 19.2. The SMILES string of the molecule is CN(C)c1ccc(-c2cnc(C=N)n2C=CC(=O)N(C)c2ccc(F)c(F)c2)cc1. The molecular formula is C22H21F2N5O. The Hall–Kier alpha value is -3.81. The number of benzene rings is 2. The number of hydrogen-bond acceptors (Lipinski definition) is 4. The Morgan fingerprint density at radius 1 is 1.03 bits per heavy atom. The second-order valence-electron chi connectivity index (χ2n) is 6.77.